The van der Waals surface area contributed by atoms with Crippen LogP contribution in [0.4, 0.5) is 0 Å². The molecular weight excluding hydrogens is 478 g/mol. The molecular formula is C30H29N5O3. The van der Waals surface area contributed by atoms with Gasteiger partial charge in [0.25, 0.3) is 5.56 Å². The molecule has 1 N–H and O–H groups in total. The van der Waals surface area contributed by atoms with Crippen molar-refractivity contribution in [1.29, 1.82) is 0 Å². The van der Waals surface area contributed by atoms with Gasteiger partial charge in [-0.05, 0) is 54.8 Å². The maximum Gasteiger partial charge on any atom is 0.264 e. The lowest BCUT2D eigenvalue weighted by Crippen LogP contribution is -2.47. The Morgan fingerprint density at radius 1 is 0.868 bits per heavy atom. The molecule has 1 aliphatic rings. The van der Waals surface area contributed by atoms with E-state index in [9.17, 15) is 9.90 Å². The Morgan fingerprint density at radius 3 is 2.24 bits per heavy atom. The number of para-hydroxylation sites is 1. The molecule has 0 bridgehead atoms. The number of aliphatic hydroxyl groups is 1. The van der Waals surface area contributed by atoms with Crippen LogP contribution in [0.25, 0.3) is 16.7 Å². The second kappa shape index (κ2) is 10.2. The van der Waals surface area contributed by atoms with E-state index in [0.717, 1.165) is 31.1 Å². The summed E-state index contributed by atoms with van der Waals surface area (Å²) >= 11 is 0. The summed E-state index contributed by atoms with van der Waals surface area (Å²) in [5.74, 6) is 1.46. The number of piperidine rings is 1. The number of rotatable bonds is 7. The highest BCUT2D eigenvalue weighted by atomic mass is 16.5. The van der Waals surface area contributed by atoms with Crippen LogP contribution in [-0.2, 0) is 13.1 Å². The largest absolute Gasteiger partial charge is 0.457 e. The van der Waals surface area contributed by atoms with Crippen molar-refractivity contribution in [3.05, 3.63) is 113 Å². The van der Waals surface area contributed by atoms with Crippen molar-refractivity contribution in [2.45, 2.75) is 31.5 Å². The third kappa shape index (κ3) is 5.09. The summed E-state index contributed by atoms with van der Waals surface area (Å²) in [7, 11) is 0. The van der Waals surface area contributed by atoms with Gasteiger partial charge < -0.3 is 9.84 Å². The van der Waals surface area contributed by atoms with Crippen molar-refractivity contribution in [1.82, 2.24) is 24.2 Å². The van der Waals surface area contributed by atoms with E-state index in [2.05, 4.69) is 27.1 Å². The lowest BCUT2D eigenvalue weighted by Gasteiger charge is -2.38. The van der Waals surface area contributed by atoms with Gasteiger partial charge >= 0.3 is 0 Å². The highest BCUT2D eigenvalue weighted by molar-refractivity contribution is 5.75. The molecule has 3 aromatic carbocycles. The SMILES string of the molecule is O=c1c2cnn(-c3ccc(Oc4ccccc4)cc3)c2ncn1CC1(O)CCN(Cc2ccccc2)CC1. The van der Waals surface area contributed by atoms with Gasteiger partial charge in [-0.15, -0.1) is 0 Å². The summed E-state index contributed by atoms with van der Waals surface area (Å²) in [6, 6.07) is 27.4. The Morgan fingerprint density at radius 2 is 1.53 bits per heavy atom. The number of likely N-dealkylation sites (tertiary alicyclic amines) is 1. The standard InChI is InChI=1S/C30H29N5O3/c36-29-27-19-32-35(24-11-13-26(14-12-24)38-25-9-5-2-6-10-25)28(27)31-22-34(29)21-30(37)15-17-33(18-16-30)20-23-7-3-1-4-8-23/h1-14,19,22,37H,15-18,20-21H2. The summed E-state index contributed by atoms with van der Waals surface area (Å²) in [4.78, 5) is 20.2. The molecule has 0 saturated carbocycles. The van der Waals surface area contributed by atoms with Crippen molar-refractivity contribution < 1.29 is 9.84 Å². The molecule has 0 amide bonds. The molecule has 3 heterocycles. The van der Waals surface area contributed by atoms with Crippen LogP contribution in [0.5, 0.6) is 11.5 Å². The number of nitrogens with zero attached hydrogens (tertiary/aromatic N) is 5. The minimum Gasteiger partial charge on any atom is -0.457 e. The molecule has 1 saturated heterocycles. The normalized spacial score (nSPS) is 15.5. The molecule has 0 unspecified atom stereocenters. The Labute approximate surface area is 220 Å². The Hall–Kier alpha value is -4.27. The quantitative estimate of drug-likeness (QED) is 0.352. The maximum absolute atomic E-state index is 13.3. The van der Waals surface area contributed by atoms with E-state index in [4.69, 9.17) is 4.74 Å². The summed E-state index contributed by atoms with van der Waals surface area (Å²) in [5.41, 5.74) is 1.36. The van der Waals surface area contributed by atoms with Gasteiger partial charge in [0.2, 0.25) is 0 Å². The fourth-order valence-corrected chi connectivity index (χ4v) is 4.97. The predicted molar refractivity (Wildman–Crippen MR) is 146 cm³/mol. The van der Waals surface area contributed by atoms with E-state index in [0.29, 0.717) is 29.6 Å². The van der Waals surface area contributed by atoms with Crippen molar-refractivity contribution in [2.75, 3.05) is 13.1 Å². The average molecular weight is 508 g/mol. The molecule has 8 nitrogen and oxygen atoms in total. The Bertz CT molecular complexity index is 1570. The number of fused-ring (bicyclic) bond motifs is 1. The lowest BCUT2D eigenvalue weighted by molar-refractivity contribution is -0.0364. The van der Waals surface area contributed by atoms with Gasteiger partial charge in [0.1, 0.15) is 23.2 Å². The first-order chi connectivity index (χ1) is 18.6. The second-order valence-electron chi connectivity index (χ2n) is 9.87. The zero-order chi connectivity index (χ0) is 26.0. The second-order valence-corrected chi connectivity index (χ2v) is 9.87. The number of benzene rings is 3. The molecule has 0 atom stereocenters. The van der Waals surface area contributed by atoms with Gasteiger partial charge in [-0.3, -0.25) is 14.3 Å². The van der Waals surface area contributed by atoms with E-state index >= 15 is 0 Å². The maximum atomic E-state index is 13.3. The third-order valence-electron chi connectivity index (χ3n) is 7.12. The number of hydrogen-bond acceptors (Lipinski definition) is 6. The van der Waals surface area contributed by atoms with Gasteiger partial charge in [0.05, 0.1) is 24.0 Å². The summed E-state index contributed by atoms with van der Waals surface area (Å²) in [6.07, 6.45) is 4.26. The van der Waals surface area contributed by atoms with Crippen LogP contribution in [0.3, 0.4) is 0 Å². The van der Waals surface area contributed by atoms with E-state index in [-0.39, 0.29) is 12.1 Å². The van der Waals surface area contributed by atoms with E-state index in [1.807, 2.05) is 72.8 Å². The number of aromatic nitrogens is 4. The van der Waals surface area contributed by atoms with E-state index in [1.54, 1.807) is 10.9 Å². The summed E-state index contributed by atoms with van der Waals surface area (Å²) in [6.45, 7) is 2.63. The van der Waals surface area contributed by atoms with Gasteiger partial charge in [0, 0.05) is 19.6 Å². The zero-order valence-electron chi connectivity index (χ0n) is 21.0. The fourth-order valence-electron chi connectivity index (χ4n) is 4.97. The molecule has 1 aliphatic heterocycles. The molecule has 1 fully saturated rings. The van der Waals surface area contributed by atoms with E-state index < -0.39 is 5.60 Å². The van der Waals surface area contributed by atoms with Crippen LogP contribution in [0.2, 0.25) is 0 Å². The van der Waals surface area contributed by atoms with Gasteiger partial charge in [-0.25, -0.2) is 9.67 Å². The zero-order valence-corrected chi connectivity index (χ0v) is 21.0. The number of ether oxygens (including phenoxy) is 1. The smallest absolute Gasteiger partial charge is 0.264 e. The van der Waals surface area contributed by atoms with Gasteiger partial charge in [-0.1, -0.05) is 48.5 Å². The van der Waals surface area contributed by atoms with Crippen molar-refractivity contribution in [3.63, 3.8) is 0 Å². The highest BCUT2D eigenvalue weighted by Crippen LogP contribution is 2.26. The van der Waals surface area contributed by atoms with Crippen LogP contribution in [0.15, 0.2) is 102 Å². The molecule has 6 rings (SSSR count). The van der Waals surface area contributed by atoms with Crippen molar-refractivity contribution in [2.24, 2.45) is 0 Å². The summed E-state index contributed by atoms with van der Waals surface area (Å²) < 4.78 is 9.02. The minimum absolute atomic E-state index is 0.203. The van der Waals surface area contributed by atoms with Crippen LogP contribution in [-0.4, -0.2) is 48.0 Å². The summed E-state index contributed by atoms with van der Waals surface area (Å²) in [5, 5.41) is 16.1. The molecule has 8 heteroatoms. The Kier molecular flexibility index (Phi) is 6.49. The molecule has 192 valence electrons. The fraction of sp³-hybridized carbons (Fsp3) is 0.233. The molecule has 5 aromatic rings. The van der Waals surface area contributed by atoms with E-state index in [1.165, 1.54) is 16.5 Å². The van der Waals surface area contributed by atoms with Gasteiger partial charge in [-0.2, -0.15) is 5.10 Å². The average Bonchev–Trinajstić information content (AvgIpc) is 3.38. The molecule has 38 heavy (non-hydrogen) atoms. The van der Waals surface area contributed by atoms with Crippen molar-refractivity contribution >= 4 is 11.0 Å². The lowest BCUT2D eigenvalue weighted by atomic mass is 9.91. The van der Waals surface area contributed by atoms with Crippen LogP contribution < -0.4 is 10.3 Å². The molecule has 0 radical (unpaired) electrons. The van der Waals surface area contributed by atoms with Crippen LogP contribution >= 0.6 is 0 Å². The topological polar surface area (TPSA) is 85.4 Å². The molecule has 0 aliphatic carbocycles. The first-order valence-electron chi connectivity index (χ1n) is 12.8. The highest BCUT2D eigenvalue weighted by Gasteiger charge is 2.33. The van der Waals surface area contributed by atoms with Crippen LogP contribution in [0, 0.1) is 0 Å². The van der Waals surface area contributed by atoms with Crippen molar-refractivity contribution in [3.8, 4) is 17.2 Å². The predicted octanol–water partition coefficient (Wildman–Crippen LogP) is 4.40. The molecule has 0 spiro atoms. The van der Waals surface area contributed by atoms with Crippen LogP contribution in [0.1, 0.15) is 18.4 Å². The number of hydrogen-bond donors (Lipinski definition) is 1. The Balaban J connectivity index is 1.15. The monoisotopic (exact) mass is 507 g/mol. The van der Waals surface area contributed by atoms with Gasteiger partial charge in [0.15, 0.2) is 5.65 Å². The molecule has 2 aromatic heterocycles. The minimum atomic E-state index is -0.947. The third-order valence-corrected chi connectivity index (χ3v) is 7.12. The first-order valence-corrected chi connectivity index (χ1v) is 12.8. The first kappa shape index (κ1) is 24.1.